The zero-order valence-electron chi connectivity index (χ0n) is 18.9. The zero-order valence-corrected chi connectivity index (χ0v) is 18.9. The van der Waals surface area contributed by atoms with Crippen molar-refractivity contribution in [2.75, 3.05) is 66.4 Å². The number of unbranched alkanes of at least 4 members (excludes halogenated alkanes) is 1. The number of rotatable bonds is 20. The molecule has 0 heterocycles. The summed E-state index contributed by atoms with van der Waals surface area (Å²) >= 11 is 0. The Morgan fingerprint density at radius 3 is 2.17 bits per heavy atom. The predicted molar refractivity (Wildman–Crippen MR) is 113 cm³/mol. The fourth-order valence-corrected chi connectivity index (χ4v) is 2.53. The van der Waals surface area contributed by atoms with Crippen molar-refractivity contribution in [3.8, 4) is 0 Å². The molecule has 0 aromatic carbocycles. The highest BCUT2D eigenvalue weighted by Gasteiger charge is 2.15. The third kappa shape index (κ3) is 17.2. The van der Waals surface area contributed by atoms with E-state index in [1.54, 1.807) is 18.9 Å². The van der Waals surface area contributed by atoms with E-state index in [0.29, 0.717) is 65.7 Å². The summed E-state index contributed by atoms with van der Waals surface area (Å²) in [5.41, 5.74) is 0. The van der Waals surface area contributed by atoms with E-state index in [1.807, 2.05) is 0 Å². The summed E-state index contributed by atoms with van der Waals surface area (Å²) in [6, 6.07) is 0. The van der Waals surface area contributed by atoms with Crippen LogP contribution >= 0.6 is 0 Å². The Hall–Kier alpha value is -1.71. The molecular weight excluding hydrogens is 392 g/mol. The maximum absolute atomic E-state index is 12.4. The molecule has 0 spiro atoms. The van der Waals surface area contributed by atoms with E-state index in [2.05, 4.69) is 12.2 Å². The summed E-state index contributed by atoms with van der Waals surface area (Å²) in [5.74, 6) is -0.481. The molecule has 0 aliphatic heterocycles. The van der Waals surface area contributed by atoms with Crippen LogP contribution in [0.1, 0.15) is 52.4 Å². The van der Waals surface area contributed by atoms with Gasteiger partial charge in [-0.3, -0.25) is 14.4 Å². The standard InChI is InChI=1S/C21H40N2O7/c1-4-6-12-23(20(25)8-9-21(26)30-5-2)13-7-11-22-19(24)10-14-28-17-18-29-16-15-27-3/h4-18H2,1-3H3,(H,22,24). The maximum atomic E-state index is 12.4. The second kappa shape index (κ2) is 20.6. The van der Waals surface area contributed by atoms with Gasteiger partial charge in [-0.05, 0) is 19.8 Å². The lowest BCUT2D eigenvalue weighted by Gasteiger charge is -2.22. The molecule has 9 heteroatoms. The number of nitrogens with zero attached hydrogens (tertiary/aromatic N) is 1. The van der Waals surface area contributed by atoms with Gasteiger partial charge in [-0.25, -0.2) is 0 Å². The van der Waals surface area contributed by atoms with Gasteiger partial charge in [-0.1, -0.05) is 13.3 Å². The second-order valence-electron chi connectivity index (χ2n) is 6.71. The van der Waals surface area contributed by atoms with Crippen LogP contribution in [-0.2, 0) is 33.3 Å². The van der Waals surface area contributed by atoms with E-state index in [-0.39, 0.29) is 37.0 Å². The largest absolute Gasteiger partial charge is 0.466 e. The Labute approximate surface area is 180 Å². The molecule has 0 rings (SSSR count). The smallest absolute Gasteiger partial charge is 0.306 e. The molecule has 2 amide bonds. The van der Waals surface area contributed by atoms with Crippen molar-refractivity contribution >= 4 is 17.8 Å². The first-order chi connectivity index (χ1) is 14.5. The van der Waals surface area contributed by atoms with Crippen molar-refractivity contribution in [1.82, 2.24) is 10.2 Å². The van der Waals surface area contributed by atoms with Crippen LogP contribution in [0.3, 0.4) is 0 Å². The summed E-state index contributed by atoms with van der Waals surface area (Å²) < 4.78 is 20.3. The van der Waals surface area contributed by atoms with Crippen molar-refractivity contribution in [3.05, 3.63) is 0 Å². The fourth-order valence-electron chi connectivity index (χ4n) is 2.53. The first kappa shape index (κ1) is 28.3. The summed E-state index contributed by atoms with van der Waals surface area (Å²) in [4.78, 5) is 37.4. The summed E-state index contributed by atoms with van der Waals surface area (Å²) in [6.45, 7) is 8.17. The Balaban J connectivity index is 3.91. The fraction of sp³-hybridized carbons (Fsp3) is 0.857. The number of hydrogen-bond acceptors (Lipinski definition) is 7. The highest BCUT2D eigenvalue weighted by molar-refractivity contribution is 5.81. The molecule has 1 N–H and O–H groups in total. The van der Waals surface area contributed by atoms with Crippen molar-refractivity contribution < 1.29 is 33.3 Å². The summed E-state index contributed by atoms with van der Waals surface area (Å²) in [5, 5.41) is 2.84. The van der Waals surface area contributed by atoms with E-state index >= 15 is 0 Å². The number of hydrogen-bond donors (Lipinski definition) is 1. The Morgan fingerprint density at radius 2 is 1.50 bits per heavy atom. The third-order valence-corrected chi connectivity index (χ3v) is 4.19. The molecular formula is C21H40N2O7. The van der Waals surface area contributed by atoms with Crippen LogP contribution in [0, 0.1) is 0 Å². The Kier molecular flexibility index (Phi) is 19.4. The molecule has 0 aromatic heterocycles. The molecule has 176 valence electrons. The van der Waals surface area contributed by atoms with Crippen molar-refractivity contribution in [3.63, 3.8) is 0 Å². The molecule has 0 bridgehead atoms. The molecule has 0 unspecified atom stereocenters. The van der Waals surface area contributed by atoms with E-state index < -0.39 is 0 Å². The van der Waals surface area contributed by atoms with Gasteiger partial charge in [0, 0.05) is 39.6 Å². The van der Waals surface area contributed by atoms with Gasteiger partial charge in [0.25, 0.3) is 0 Å². The first-order valence-electron chi connectivity index (χ1n) is 10.9. The van der Waals surface area contributed by atoms with Crippen LogP contribution in [0.5, 0.6) is 0 Å². The minimum atomic E-state index is -0.350. The molecule has 30 heavy (non-hydrogen) atoms. The Morgan fingerprint density at radius 1 is 0.833 bits per heavy atom. The minimum absolute atomic E-state index is 0.0519. The van der Waals surface area contributed by atoms with Gasteiger partial charge >= 0.3 is 5.97 Å². The van der Waals surface area contributed by atoms with Gasteiger partial charge in [0.2, 0.25) is 11.8 Å². The number of nitrogens with one attached hydrogen (secondary N) is 1. The van der Waals surface area contributed by atoms with Crippen LogP contribution < -0.4 is 5.32 Å². The van der Waals surface area contributed by atoms with E-state index in [1.165, 1.54) is 0 Å². The SMILES string of the molecule is CCCCN(CCCNC(=O)CCOCCOCCOC)C(=O)CCC(=O)OCC. The summed E-state index contributed by atoms with van der Waals surface area (Å²) in [7, 11) is 1.62. The number of esters is 1. The molecule has 9 nitrogen and oxygen atoms in total. The van der Waals surface area contributed by atoms with Gasteiger partial charge in [0.15, 0.2) is 0 Å². The summed E-state index contributed by atoms with van der Waals surface area (Å²) in [6.07, 6.45) is 3.09. The van der Waals surface area contributed by atoms with Crippen LogP contribution in [-0.4, -0.2) is 89.1 Å². The average Bonchev–Trinajstić information content (AvgIpc) is 2.73. The molecule has 0 aliphatic carbocycles. The third-order valence-electron chi connectivity index (χ3n) is 4.19. The highest BCUT2D eigenvalue weighted by atomic mass is 16.5. The first-order valence-corrected chi connectivity index (χ1v) is 10.9. The van der Waals surface area contributed by atoms with Crippen LogP contribution in [0.2, 0.25) is 0 Å². The van der Waals surface area contributed by atoms with Gasteiger partial charge in [-0.2, -0.15) is 0 Å². The van der Waals surface area contributed by atoms with Gasteiger partial charge < -0.3 is 29.2 Å². The van der Waals surface area contributed by atoms with Gasteiger partial charge in [-0.15, -0.1) is 0 Å². The number of carbonyl (C=O) groups excluding carboxylic acids is 3. The average molecular weight is 433 g/mol. The van der Waals surface area contributed by atoms with E-state index in [4.69, 9.17) is 18.9 Å². The van der Waals surface area contributed by atoms with Gasteiger partial charge in [0.1, 0.15) is 0 Å². The van der Waals surface area contributed by atoms with Crippen LogP contribution in [0.4, 0.5) is 0 Å². The molecule has 0 saturated carbocycles. The van der Waals surface area contributed by atoms with E-state index in [9.17, 15) is 14.4 Å². The molecule has 0 atom stereocenters. The highest BCUT2D eigenvalue weighted by Crippen LogP contribution is 2.04. The molecule has 0 aliphatic rings. The zero-order chi connectivity index (χ0) is 22.5. The topological polar surface area (TPSA) is 103 Å². The second-order valence-corrected chi connectivity index (χ2v) is 6.71. The van der Waals surface area contributed by atoms with Crippen molar-refractivity contribution in [1.29, 1.82) is 0 Å². The number of carbonyl (C=O) groups is 3. The Bertz CT molecular complexity index is 461. The maximum Gasteiger partial charge on any atom is 0.306 e. The molecule has 0 fully saturated rings. The number of methoxy groups -OCH3 is 1. The molecule has 0 aromatic rings. The monoisotopic (exact) mass is 432 g/mol. The van der Waals surface area contributed by atoms with E-state index in [0.717, 1.165) is 12.8 Å². The lowest BCUT2D eigenvalue weighted by Crippen LogP contribution is -2.35. The quantitative estimate of drug-likeness (QED) is 0.230. The lowest BCUT2D eigenvalue weighted by atomic mass is 10.2. The van der Waals surface area contributed by atoms with Crippen molar-refractivity contribution in [2.45, 2.75) is 52.4 Å². The number of ether oxygens (including phenoxy) is 4. The normalized spacial score (nSPS) is 10.6. The predicted octanol–water partition coefficient (Wildman–Crippen LogP) is 1.53. The lowest BCUT2D eigenvalue weighted by molar-refractivity contribution is -0.145. The molecule has 0 radical (unpaired) electrons. The number of amides is 2. The van der Waals surface area contributed by atoms with Crippen LogP contribution in [0.15, 0.2) is 0 Å². The molecule has 0 saturated heterocycles. The van der Waals surface area contributed by atoms with Gasteiger partial charge in [0.05, 0.1) is 46.1 Å². The van der Waals surface area contributed by atoms with Crippen LogP contribution in [0.25, 0.3) is 0 Å². The minimum Gasteiger partial charge on any atom is -0.466 e. The van der Waals surface area contributed by atoms with Crippen molar-refractivity contribution in [2.24, 2.45) is 0 Å².